The van der Waals surface area contributed by atoms with Gasteiger partial charge in [0.05, 0.1) is 24.8 Å². The van der Waals surface area contributed by atoms with Crippen molar-refractivity contribution < 1.29 is 52.3 Å². The standard InChI is InChI=1S/C48H63BN4O11S/c1-44(2,3)60-36(54)22-21-29-19-20-30(39(58-13)37(29)41(56)61-45(4,5)6)23-35(49-63-34-25-31-24-33(47(31,10)11)48(34,12)64-49)51-40(55)38(53-59-26-28-17-15-14-16-18-28)32-27-65-42(50-32)52-43(57)62-46(7,8)9/h14-22,27,31,33-35H,23-26H2,1-13H3,(H,51,55)(H,50,52,57)/b22-21+,53-38-/t31-,33+,34?,35?,48+/m1/s1. The van der Waals surface area contributed by atoms with Crippen molar-refractivity contribution in [3.05, 3.63) is 81.9 Å². The first-order chi connectivity index (χ1) is 30.3. The molecular weight excluding hydrogens is 851 g/mol. The van der Waals surface area contributed by atoms with Crippen molar-refractivity contribution in [2.75, 3.05) is 12.4 Å². The van der Waals surface area contributed by atoms with Crippen LogP contribution in [0.1, 0.15) is 129 Å². The van der Waals surface area contributed by atoms with Crippen LogP contribution in [0.3, 0.4) is 0 Å². The first kappa shape index (κ1) is 49.2. The SMILES string of the molecule is COc1c(CC(NC(=O)/C(=N\OCc2ccccc2)c2csc(NC(=O)OC(C)(C)C)n2)B2OC3C[C@H]4C[C@@H](C4(C)C)[C@]3(C)O2)ccc(/C=C/C(=O)OC(C)(C)C)c1C(=O)OC(C)(C)C. The van der Waals surface area contributed by atoms with Gasteiger partial charge in [-0.1, -0.05) is 61.5 Å². The lowest BCUT2D eigenvalue weighted by Gasteiger charge is -2.64. The number of anilines is 1. The highest BCUT2D eigenvalue weighted by atomic mass is 32.1. The number of nitrogens with zero attached hydrogens (tertiary/aromatic N) is 2. The number of rotatable bonds is 14. The zero-order chi connectivity index (χ0) is 47.7. The smallest absolute Gasteiger partial charge is 0.482 e. The van der Waals surface area contributed by atoms with Crippen LogP contribution in [-0.2, 0) is 51.0 Å². The molecule has 1 saturated heterocycles. The van der Waals surface area contributed by atoms with Crippen molar-refractivity contribution in [1.29, 1.82) is 0 Å². The highest BCUT2D eigenvalue weighted by molar-refractivity contribution is 7.14. The molecule has 350 valence electrons. The van der Waals surface area contributed by atoms with Gasteiger partial charge in [0.2, 0.25) is 0 Å². The third-order valence-corrected chi connectivity index (χ3v) is 12.5. The van der Waals surface area contributed by atoms with Crippen LogP contribution in [0.4, 0.5) is 9.93 Å². The highest BCUT2D eigenvalue weighted by Gasteiger charge is 2.68. The van der Waals surface area contributed by atoms with Gasteiger partial charge in [-0.15, -0.1) is 11.3 Å². The van der Waals surface area contributed by atoms with Gasteiger partial charge < -0.3 is 38.4 Å². The molecule has 17 heteroatoms. The molecule has 3 saturated carbocycles. The Morgan fingerprint density at radius 3 is 2.25 bits per heavy atom. The minimum absolute atomic E-state index is 0.0437. The molecule has 2 amide bonds. The second-order valence-electron chi connectivity index (χ2n) is 20.6. The van der Waals surface area contributed by atoms with E-state index in [9.17, 15) is 19.2 Å². The lowest BCUT2D eigenvalue weighted by Crippen LogP contribution is -2.65. The molecule has 1 aromatic heterocycles. The normalized spacial score (nSPS) is 22.0. The van der Waals surface area contributed by atoms with Gasteiger partial charge in [-0.2, -0.15) is 0 Å². The summed E-state index contributed by atoms with van der Waals surface area (Å²) in [6.07, 6.45) is 3.65. The Morgan fingerprint density at radius 1 is 0.938 bits per heavy atom. The van der Waals surface area contributed by atoms with Gasteiger partial charge in [0.15, 0.2) is 10.8 Å². The van der Waals surface area contributed by atoms with E-state index in [2.05, 4.69) is 41.5 Å². The maximum atomic E-state index is 14.8. The molecule has 3 aromatic rings. The molecule has 1 aliphatic heterocycles. The molecular formula is C48H63BN4O11S. The minimum atomic E-state index is -0.947. The van der Waals surface area contributed by atoms with E-state index >= 15 is 0 Å². The van der Waals surface area contributed by atoms with Crippen molar-refractivity contribution in [1.82, 2.24) is 10.3 Å². The zero-order valence-corrected chi connectivity index (χ0v) is 40.6. The number of aromatic nitrogens is 1. The molecule has 2 aromatic carbocycles. The molecule has 0 spiro atoms. The Kier molecular flexibility index (Phi) is 14.3. The van der Waals surface area contributed by atoms with Gasteiger partial charge in [-0.05, 0) is 129 Å². The van der Waals surface area contributed by atoms with Gasteiger partial charge in [0.1, 0.15) is 40.4 Å². The Labute approximate surface area is 386 Å². The maximum absolute atomic E-state index is 14.8. The van der Waals surface area contributed by atoms with E-state index in [4.69, 9.17) is 33.1 Å². The molecule has 15 nitrogen and oxygen atoms in total. The topological polar surface area (TPSA) is 182 Å². The highest BCUT2D eigenvalue weighted by Crippen LogP contribution is 2.65. The number of carbonyl (C=O) groups excluding carboxylic acids is 4. The van der Waals surface area contributed by atoms with Crippen molar-refractivity contribution in [3.63, 3.8) is 0 Å². The molecule has 65 heavy (non-hydrogen) atoms. The maximum Gasteiger partial charge on any atom is 0.482 e. The van der Waals surface area contributed by atoms with Gasteiger partial charge in [0.25, 0.3) is 5.91 Å². The van der Waals surface area contributed by atoms with Crippen LogP contribution in [0.25, 0.3) is 6.08 Å². The molecule has 4 fully saturated rings. The Balaban J connectivity index is 1.39. The number of esters is 2. The summed E-state index contributed by atoms with van der Waals surface area (Å²) in [5.74, 6) is -1.98. The summed E-state index contributed by atoms with van der Waals surface area (Å²) < 4.78 is 36.5. The number of nitrogens with one attached hydrogen (secondary N) is 2. The van der Waals surface area contributed by atoms with Crippen LogP contribution < -0.4 is 15.4 Å². The van der Waals surface area contributed by atoms with E-state index in [1.807, 2.05) is 30.3 Å². The number of ether oxygens (including phenoxy) is 4. The lowest BCUT2D eigenvalue weighted by atomic mass is 9.43. The summed E-state index contributed by atoms with van der Waals surface area (Å²) in [5, 5.41) is 11.8. The molecule has 5 atom stereocenters. The van der Waals surface area contributed by atoms with Crippen molar-refractivity contribution >= 4 is 59.3 Å². The molecule has 0 radical (unpaired) electrons. The van der Waals surface area contributed by atoms with Crippen LogP contribution in [0, 0.1) is 17.3 Å². The summed E-state index contributed by atoms with van der Waals surface area (Å²) in [6.45, 7) is 22.5. The lowest BCUT2D eigenvalue weighted by molar-refractivity contribution is -0.199. The number of oxime groups is 1. The second-order valence-corrected chi connectivity index (χ2v) is 21.4. The van der Waals surface area contributed by atoms with Gasteiger partial charge in [-0.25, -0.2) is 19.4 Å². The number of thiazole rings is 1. The predicted octanol–water partition coefficient (Wildman–Crippen LogP) is 8.72. The number of hydrogen-bond donors (Lipinski definition) is 2. The largest absolute Gasteiger partial charge is 0.496 e. The van der Waals surface area contributed by atoms with E-state index < -0.39 is 59.4 Å². The predicted molar refractivity (Wildman–Crippen MR) is 249 cm³/mol. The quantitative estimate of drug-likeness (QED) is 0.0393. The van der Waals surface area contributed by atoms with E-state index in [0.29, 0.717) is 17.0 Å². The van der Waals surface area contributed by atoms with Gasteiger partial charge >= 0.3 is 25.2 Å². The van der Waals surface area contributed by atoms with Crippen molar-refractivity contribution in [2.45, 2.75) is 143 Å². The third-order valence-electron chi connectivity index (χ3n) is 11.7. The fourth-order valence-corrected chi connectivity index (χ4v) is 9.43. The number of methoxy groups -OCH3 is 1. The fourth-order valence-electron chi connectivity index (χ4n) is 8.75. The molecule has 7 rings (SSSR count). The summed E-state index contributed by atoms with van der Waals surface area (Å²) in [6, 6.07) is 12.8. The Hall–Kier alpha value is -5.26. The molecule has 3 aliphatic carbocycles. The van der Waals surface area contributed by atoms with E-state index in [0.717, 1.165) is 29.7 Å². The van der Waals surface area contributed by atoms with E-state index in [1.54, 1.807) is 79.8 Å². The first-order valence-electron chi connectivity index (χ1n) is 21.9. The monoisotopic (exact) mass is 914 g/mol. The molecule has 2 N–H and O–H groups in total. The van der Waals surface area contributed by atoms with Crippen LogP contribution >= 0.6 is 11.3 Å². The minimum Gasteiger partial charge on any atom is -0.496 e. The fraction of sp³-hybridized carbons (Fsp3) is 0.542. The Bertz CT molecular complexity index is 2310. The van der Waals surface area contributed by atoms with Gasteiger partial charge in [0, 0.05) is 11.5 Å². The second kappa shape index (κ2) is 18.9. The number of amides is 2. The number of carbonyl (C=O) groups is 4. The molecule has 2 heterocycles. The molecule has 2 bridgehead atoms. The van der Waals surface area contributed by atoms with Crippen LogP contribution in [-0.4, -0.2) is 83.3 Å². The number of hydrogen-bond acceptors (Lipinski definition) is 14. The summed E-state index contributed by atoms with van der Waals surface area (Å²) in [5.41, 5.74) is -1.23. The molecule has 4 aliphatic rings. The number of benzene rings is 2. The first-order valence-corrected chi connectivity index (χ1v) is 22.8. The summed E-state index contributed by atoms with van der Waals surface area (Å²) in [4.78, 5) is 64.6. The average Bonchev–Trinajstić information content (AvgIpc) is 3.80. The van der Waals surface area contributed by atoms with E-state index in [-0.39, 0.29) is 58.3 Å². The van der Waals surface area contributed by atoms with Crippen LogP contribution in [0.15, 0.2) is 59.1 Å². The zero-order valence-electron chi connectivity index (χ0n) is 39.8. The Morgan fingerprint density at radius 2 is 1.62 bits per heavy atom. The van der Waals surface area contributed by atoms with Crippen LogP contribution in [0.5, 0.6) is 5.75 Å². The molecule has 2 unspecified atom stereocenters. The summed E-state index contributed by atoms with van der Waals surface area (Å²) in [7, 11) is 0.492. The van der Waals surface area contributed by atoms with Crippen LogP contribution in [0.2, 0.25) is 0 Å². The third kappa shape index (κ3) is 12.0. The average molecular weight is 915 g/mol. The van der Waals surface area contributed by atoms with Gasteiger partial charge in [-0.3, -0.25) is 10.1 Å². The van der Waals surface area contributed by atoms with Crippen molar-refractivity contribution in [3.8, 4) is 5.75 Å². The van der Waals surface area contributed by atoms with E-state index in [1.165, 1.54) is 19.3 Å². The summed E-state index contributed by atoms with van der Waals surface area (Å²) >= 11 is 1.08. The van der Waals surface area contributed by atoms with Crippen molar-refractivity contribution in [2.24, 2.45) is 22.4 Å².